The summed E-state index contributed by atoms with van der Waals surface area (Å²) in [7, 11) is 0. The normalized spacial score (nSPS) is 14.7. The van der Waals surface area contributed by atoms with Crippen molar-refractivity contribution in [1.82, 2.24) is 0 Å². The average Bonchev–Trinajstić information content (AvgIpc) is 3.13. The monoisotopic (exact) mass is 486 g/mol. The molecule has 34 heavy (non-hydrogen) atoms. The van der Waals surface area contributed by atoms with Crippen LogP contribution in [-0.4, -0.2) is 11.6 Å². The van der Waals surface area contributed by atoms with Crippen molar-refractivity contribution >= 4 is 57.4 Å². The van der Waals surface area contributed by atoms with Crippen molar-refractivity contribution < 1.29 is 9.53 Å². The first-order valence-electron chi connectivity index (χ1n) is 10.8. The van der Waals surface area contributed by atoms with Gasteiger partial charge in [-0.3, -0.25) is 4.79 Å². The molecular formula is C28H20Cl2N2O2. The van der Waals surface area contributed by atoms with Crippen LogP contribution < -0.4 is 9.75 Å². The molecular weight excluding hydrogens is 467 g/mol. The standard InChI is InChI=1S/C28H20Cl2N2O2/c1-18-24(28(33)32(31-18)22-8-3-2-4-9-22)16-25-23-10-6-5-7-19(23)12-14-27(25)34-17-20-11-13-21(29)15-26(20)30/h2-16H,17H2,1H3/b24-16+. The number of benzene rings is 4. The van der Waals surface area contributed by atoms with E-state index in [1.54, 1.807) is 12.1 Å². The van der Waals surface area contributed by atoms with E-state index in [9.17, 15) is 4.79 Å². The lowest BCUT2D eigenvalue weighted by molar-refractivity contribution is -0.114. The van der Waals surface area contributed by atoms with Gasteiger partial charge in [0.05, 0.1) is 17.0 Å². The number of hydrogen-bond acceptors (Lipinski definition) is 3. The van der Waals surface area contributed by atoms with Gasteiger partial charge in [-0.2, -0.15) is 10.1 Å². The van der Waals surface area contributed by atoms with Gasteiger partial charge in [-0.1, -0.05) is 77.8 Å². The van der Waals surface area contributed by atoms with E-state index in [0.717, 1.165) is 27.6 Å². The quantitative estimate of drug-likeness (QED) is 0.273. The molecule has 0 atom stereocenters. The summed E-state index contributed by atoms with van der Waals surface area (Å²) < 4.78 is 6.21. The third-order valence-corrected chi connectivity index (χ3v) is 6.27. The third-order valence-electron chi connectivity index (χ3n) is 5.68. The van der Waals surface area contributed by atoms with E-state index in [1.165, 1.54) is 5.01 Å². The van der Waals surface area contributed by atoms with Crippen LogP contribution in [0.3, 0.4) is 0 Å². The minimum Gasteiger partial charge on any atom is -0.488 e. The van der Waals surface area contributed by atoms with Crippen LogP contribution in [0.4, 0.5) is 5.69 Å². The highest BCUT2D eigenvalue weighted by molar-refractivity contribution is 6.35. The number of halogens is 2. The fourth-order valence-electron chi connectivity index (χ4n) is 3.92. The van der Waals surface area contributed by atoms with Crippen molar-refractivity contribution in [3.8, 4) is 5.75 Å². The van der Waals surface area contributed by atoms with Crippen LogP contribution in [0.25, 0.3) is 16.8 Å². The van der Waals surface area contributed by atoms with Crippen LogP contribution in [0.5, 0.6) is 5.75 Å². The van der Waals surface area contributed by atoms with E-state index in [0.29, 0.717) is 27.1 Å². The molecule has 0 aromatic heterocycles. The first-order valence-corrected chi connectivity index (χ1v) is 11.5. The molecule has 1 aliphatic rings. The number of carbonyl (C=O) groups is 1. The predicted octanol–water partition coefficient (Wildman–Crippen LogP) is 7.53. The summed E-state index contributed by atoms with van der Waals surface area (Å²) in [5, 5.41) is 9.07. The maximum atomic E-state index is 13.3. The number of ether oxygens (including phenoxy) is 1. The maximum Gasteiger partial charge on any atom is 0.280 e. The van der Waals surface area contributed by atoms with Crippen LogP contribution in [0.1, 0.15) is 18.1 Å². The number of carbonyl (C=O) groups excluding carboxylic acids is 1. The SMILES string of the molecule is CC1=NN(c2ccccc2)C(=O)/C1=C/c1c(OCc2ccc(Cl)cc2Cl)ccc2ccccc12. The second-order valence-electron chi connectivity index (χ2n) is 7.92. The summed E-state index contributed by atoms with van der Waals surface area (Å²) in [6, 6.07) is 26.6. The summed E-state index contributed by atoms with van der Waals surface area (Å²) in [5.41, 5.74) is 3.53. The third kappa shape index (κ3) is 4.30. The largest absolute Gasteiger partial charge is 0.488 e. The minimum absolute atomic E-state index is 0.177. The first kappa shape index (κ1) is 22.2. The summed E-state index contributed by atoms with van der Waals surface area (Å²) in [6.45, 7) is 2.10. The van der Waals surface area contributed by atoms with Gasteiger partial charge in [-0.05, 0) is 54.1 Å². The van der Waals surface area contributed by atoms with Gasteiger partial charge in [0.15, 0.2) is 0 Å². The lowest BCUT2D eigenvalue weighted by atomic mass is 9.99. The van der Waals surface area contributed by atoms with Crippen LogP contribution >= 0.6 is 23.2 Å². The fourth-order valence-corrected chi connectivity index (χ4v) is 4.38. The van der Waals surface area contributed by atoms with E-state index < -0.39 is 0 Å². The molecule has 0 spiro atoms. The van der Waals surface area contributed by atoms with E-state index in [2.05, 4.69) is 5.10 Å². The molecule has 0 unspecified atom stereocenters. The summed E-state index contributed by atoms with van der Waals surface area (Å²) in [6.07, 6.45) is 1.87. The highest BCUT2D eigenvalue weighted by Crippen LogP contribution is 2.34. The molecule has 1 amide bonds. The zero-order valence-corrected chi connectivity index (χ0v) is 19.8. The van der Waals surface area contributed by atoms with Crippen molar-refractivity contribution in [2.45, 2.75) is 13.5 Å². The van der Waals surface area contributed by atoms with E-state index >= 15 is 0 Å². The highest BCUT2D eigenvalue weighted by Gasteiger charge is 2.29. The predicted molar refractivity (Wildman–Crippen MR) is 140 cm³/mol. The lowest BCUT2D eigenvalue weighted by Crippen LogP contribution is -2.21. The van der Waals surface area contributed by atoms with E-state index in [4.69, 9.17) is 27.9 Å². The number of anilines is 1. The van der Waals surface area contributed by atoms with Crippen molar-refractivity contribution in [3.63, 3.8) is 0 Å². The number of hydrazone groups is 1. The van der Waals surface area contributed by atoms with Gasteiger partial charge in [-0.25, -0.2) is 0 Å². The van der Waals surface area contributed by atoms with Gasteiger partial charge < -0.3 is 4.74 Å². The Morgan fingerprint density at radius 2 is 1.71 bits per heavy atom. The number of nitrogens with zero attached hydrogens (tertiary/aromatic N) is 2. The van der Waals surface area contributed by atoms with E-state index in [1.807, 2.05) is 85.8 Å². The number of para-hydroxylation sites is 1. The topological polar surface area (TPSA) is 41.9 Å². The fraction of sp³-hybridized carbons (Fsp3) is 0.0714. The van der Waals surface area contributed by atoms with Crippen molar-refractivity contribution in [1.29, 1.82) is 0 Å². The smallest absolute Gasteiger partial charge is 0.280 e. The van der Waals surface area contributed by atoms with Gasteiger partial charge >= 0.3 is 0 Å². The van der Waals surface area contributed by atoms with Gasteiger partial charge in [-0.15, -0.1) is 0 Å². The number of hydrogen-bond donors (Lipinski definition) is 0. The molecule has 4 aromatic carbocycles. The Balaban J connectivity index is 1.55. The molecule has 0 N–H and O–H groups in total. The molecule has 1 aliphatic heterocycles. The minimum atomic E-state index is -0.177. The molecule has 0 aliphatic carbocycles. The van der Waals surface area contributed by atoms with Crippen molar-refractivity contribution in [3.05, 3.63) is 112 Å². The zero-order valence-electron chi connectivity index (χ0n) is 18.3. The molecule has 0 fully saturated rings. The molecule has 0 bridgehead atoms. The van der Waals surface area contributed by atoms with Crippen LogP contribution in [0, 0.1) is 0 Å². The highest BCUT2D eigenvalue weighted by atomic mass is 35.5. The number of rotatable bonds is 5. The Labute approximate surface area is 207 Å². The summed E-state index contributed by atoms with van der Waals surface area (Å²) >= 11 is 12.4. The molecule has 1 heterocycles. The average molecular weight is 487 g/mol. The van der Waals surface area contributed by atoms with Crippen LogP contribution in [-0.2, 0) is 11.4 Å². The molecule has 6 heteroatoms. The summed E-state index contributed by atoms with van der Waals surface area (Å²) in [4.78, 5) is 13.3. The molecule has 5 rings (SSSR count). The summed E-state index contributed by atoms with van der Waals surface area (Å²) in [5.74, 6) is 0.472. The molecule has 4 nitrogen and oxygen atoms in total. The second kappa shape index (κ2) is 9.34. The van der Waals surface area contributed by atoms with E-state index in [-0.39, 0.29) is 12.5 Å². The molecule has 0 radical (unpaired) electrons. The first-order chi connectivity index (χ1) is 16.5. The van der Waals surface area contributed by atoms with Crippen molar-refractivity contribution in [2.24, 2.45) is 5.10 Å². The molecule has 4 aromatic rings. The lowest BCUT2D eigenvalue weighted by Gasteiger charge is -2.14. The number of fused-ring (bicyclic) bond motifs is 1. The Morgan fingerprint density at radius 1 is 0.941 bits per heavy atom. The van der Waals surface area contributed by atoms with Crippen LogP contribution in [0.2, 0.25) is 10.0 Å². The Hall–Kier alpha value is -3.60. The molecule has 0 saturated carbocycles. The molecule has 0 saturated heterocycles. The van der Waals surface area contributed by atoms with Crippen molar-refractivity contribution in [2.75, 3.05) is 5.01 Å². The van der Waals surface area contributed by atoms with Gasteiger partial charge in [0.2, 0.25) is 0 Å². The Bertz CT molecular complexity index is 1460. The molecule has 168 valence electrons. The van der Waals surface area contributed by atoms with Crippen LogP contribution in [0.15, 0.2) is 95.6 Å². The second-order valence-corrected chi connectivity index (χ2v) is 8.76. The Kier molecular flexibility index (Phi) is 6.10. The number of amides is 1. The Morgan fingerprint density at radius 3 is 2.50 bits per heavy atom. The van der Waals surface area contributed by atoms with Gasteiger partial charge in [0, 0.05) is 21.2 Å². The zero-order chi connectivity index (χ0) is 23.7. The van der Waals surface area contributed by atoms with Gasteiger partial charge in [0.1, 0.15) is 12.4 Å². The van der Waals surface area contributed by atoms with Gasteiger partial charge in [0.25, 0.3) is 5.91 Å². The maximum absolute atomic E-state index is 13.3.